The maximum Gasteiger partial charge on any atom is 0.0448 e. The molecule has 1 fully saturated rings. The molecule has 0 radical (unpaired) electrons. The Morgan fingerprint density at radius 2 is 2.00 bits per heavy atom. The van der Waals surface area contributed by atoms with E-state index in [0.29, 0.717) is 12.1 Å². The molecule has 2 atom stereocenters. The Morgan fingerprint density at radius 3 is 2.63 bits per heavy atom. The predicted molar refractivity (Wildman–Crippen MR) is 85.5 cm³/mol. The molecule has 0 aliphatic heterocycles. The minimum absolute atomic E-state index is 0.364. The van der Waals surface area contributed by atoms with E-state index in [1.165, 1.54) is 27.8 Å². The van der Waals surface area contributed by atoms with Crippen molar-refractivity contribution in [2.75, 3.05) is 0 Å². The summed E-state index contributed by atoms with van der Waals surface area (Å²) in [6.45, 7) is 2.25. The van der Waals surface area contributed by atoms with Crippen molar-refractivity contribution in [2.45, 2.75) is 31.8 Å². The SMILES string of the molecule is C[C@@H](NC(c1cccs1)C1CC1)c1ccccc1Br. The van der Waals surface area contributed by atoms with E-state index in [1.54, 1.807) is 0 Å². The van der Waals surface area contributed by atoms with E-state index < -0.39 is 0 Å². The number of hydrogen-bond acceptors (Lipinski definition) is 2. The molecule has 1 heterocycles. The fraction of sp³-hybridized carbons (Fsp3) is 0.375. The summed E-state index contributed by atoms with van der Waals surface area (Å²) in [6, 6.07) is 13.8. The Balaban J connectivity index is 1.77. The molecule has 1 nitrogen and oxygen atoms in total. The van der Waals surface area contributed by atoms with Crippen LogP contribution in [0.1, 0.15) is 42.3 Å². The van der Waals surface area contributed by atoms with E-state index in [1.807, 2.05) is 11.3 Å². The van der Waals surface area contributed by atoms with E-state index in [0.717, 1.165) is 5.92 Å². The van der Waals surface area contributed by atoms with E-state index in [2.05, 4.69) is 69.9 Å². The van der Waals surface area contributed by atoms with Crippen LogP contribution in [-0.4, -0.2) is 0 Å². The van der Waals surface area contributed by atoms with Gasteiger partial charge >= 0.3 is 0 Å². The zero-order chi connectivity index (χ0) is 13.2. The first-order valence-electron chi connectivity index (χ1n) is 6.79. The van der Waals surface area contributed by atoms with Gasteiger partial charge < -0.3 is 5.32 Å². The molecule has 1 N–H and O–H groups in total. The number of benzene rings is 1. The van der Waals surface area contributed by atoms with Crippen LogP contribution in [0.25, 0.3) is 0 Å². The highest BCUT2D eigenvalue weighted by Gasteiger charge is 2.33. The van der Waals surface area contributed by atoms with Crippen LogP contribution in [0.5, 0.6) is 0 Å². The molecule has 19 heavy (non-hydrogen) atoms. The van der Waals surface area contributed by atoms with E-state index in [4.69, 9.17) is 0 Å². The van der Waals surface area contributed by atoms with Gasteiger partial charge in [-0.05, 0) is 48.8 Å². The lowest BCUT2D eigenvalue weighted by atomic mass is 10.0. The van der Waals surface area contributed by atoms with Crippen molar-refractivity contribution in [3.8, 4) is 0 Å². The van der Waals surface area contributed by atoms with Crippen LogP contribution in [0.3, 0.4) is 0 Å². The van der Waals surface area contributed by atoms with Crippen molar-refractivity contribution in [3.05, 3.63) is 56.7 Å². The van der Waals surface area contributed by atoms with Crippen LogP contribution in [0.4, 0.5) is 0 Å². The molecule has 1 aliphatic rings. The summed E-state index contributed by atoms with van der Waals surface area (Å²) in [4.78, 5) is 1.47. The molecule has 1 aromatic carbocycles. The standard InChI is InChI=1S/C16H18BrNS/c1-11(13-5-2-3-6-14(13)17)18-16(12-8-9-12)15-7-4-10-19-15/h2-7,10-12,16,18H,8-9H2,1H3/t11-,16?/m1/s1. The number of nitrogens with one attached hydrogen (secondary N) is 1. The third kappa shape index (κ3) is 3.10. The second-order valence-corrected chi connectivity index (χ2v) is 7.07. The molecular formula is C16H18BrNS. The minimum atomic E-state index is 0.364. The molecule has 1 unspecified atom stereocenters. The Labute approximate surface area is 127 Å². The second-order valence-electron chi connectivity index (χ2n) is 5.24. The van der Waals surface area contributed by atoms with E-state index in [9.17, 15) is 0 Å². The van der Waals surface area contributed by atoms with Crippen molar-refractivity contribution in [2.24, 2.45) is 5.92 Å². The first-order valence-corrected chi connectivity index (χ1v) is 8.47. The zero-order valence-corrected chi connectivity index (χ0v) is 13.4. The van der Waals surface area contributed by atoms with Crippen LogP contribution in [0.15, 0.2) is 46.3 Å². The first-order chi connectivity index (χ1) is 9.25. The topological polar surface area (TPSA) is 12.0 Å². The molecule has 1 aliphatic carbocycles. The number of rotatable bonds is 5. The fourth-order valence-corrected chi connectivity index (χ4v) is 4.04. The van der Waals surface area contributed by atoms with Gasteiger partial charge in [-0.25, -0.2) is 0 Å². The van der Waals surface area contributed by atoms with Gasteiger partial charge in [0.25, 0.3) is 0 Å². The average Bonchev–Trinajstić information content (AvgIpc) is 3.11. The Kier molecular flexibility index (Phi) is 4.06. The van der Waals surface area contributed by atoms with Gasteiger partial charge in [-0.1, -0.05) is 40.2 Å². The molecule has 0 bridgehead atoms. The lowest BCUT2D eigenvalue weighted by Gasteiger charge is -2.23. The maximum atomic E-state index is 3.82. The Morgan fingerprint density at radius 1 is 1.21 bits per heavy atom. The fourth-order valence-electron chi connectivity index (χ4n) is 2.53. The van der Waals surface area contributed by atoms with Gasteiger partial charge in [0.05, 0.1) is 0 Å². The summed E-state index contributed by atoms with van der Waals surface area (Å²) in [6.07, 6.45) is 2.72. The van der Waals surface area contributed by atoms with Crippen molar-refractivity contribution < 1.29 is 0 Å². The van der Waals surface area contributed by atoms with Crippen molar-refractivity contribution >= 4 is 27.3 Å². The Hall–Kier alpha value is -0.640. The molecular weight excluding hydrogens is 318 g/mol. The number of hydrogen-bond donors (Lipinski definition) is 1. The van der Waals surface area contributed by atoms with Crippen LogP contribution >= 0.6 is 27.3 Å². The third-order valence-electron chi connectivity index (χ3n) is 3.74. The largest absolute Gasteiger partial charge is 0.302 e. The van der Waals surface area contributed by atoms with Gasteiger partial charge in [-0.3, -0.25) is 0 Å². The summed E-state index contributed by atoms with van der Waals surface area (Å²) >= 11 is 5.52. The van der Waals surface area contributed by atoms with Gasteiger partial charge in [0, 0.05) is 21.4 Å². The van der Waals surface area contributed by atoms with E-state index in [-0.39, 0.29) is 0 Å². The highest BCUT2D eigenvalue weighted by atomic mass is 79.9. The van der Waals surface area contributed by atoms with Gasteiger partial charge in [-0.2, -0.15) is 0 Å². The highest BCUT2D eigenvalue weighted by Crippen LogP contribution is 2.43. The third-order valence-corrected chi connectivity index (χ3v) is 5.42. The lowest BCUT2D eigenvalue weighted by molar-refractivity contribution is 0.432. The molecule has 3 heteroatoms. The molecule has 0 amide bonds. The van der Waals surface area contributed by atoms with Crippen LogP contribution in [0.2, 0.25) is 0 Å². The summed E-state index contributed by atoms with van der Waals surface area (Å²) in [5, 5.41) is 5.99. The van der Waals surface area contributed by atoms with E-state index >= 15 is 0 Å². The lowest BCUT2D eigenvalue weighted by Crippen LogP contribution is -2.25. The molecule has 3 rings (SSSR count). The van der Waals surface area contributed by atoms with Gasteiger partial charge in [0.2, 0.25) is 0 Å². The molecule has 0 spiro atoms. The van der Waals surface area contributed by atoms with Crippen molar-refractivity contribution in [1.29, 1.82) is 0 Å². The predicted octanol–water partition coefficient (Wildman–Crippen LogP) is 5.31. The Bertz CT molecular complexity index is 533. The smallest absolute Gasteiger partial charge is 0.0448 e. The summed E-state index contributed by atoms with van der Waals surface area (Å²) < 4.78 is 1.19. The average molecular weight is 336 g/mol. The quantitative estimate of drug-likeness (QED) is 0.780. The maximum absolute atomic E-state index is 3.82. The van der Waals surface area contributed by atoms with Gasteiger partial charge in [0.1, 0.15) is 0 Å². The number of thiophene rings is 1. The van der Waals surface area contributed by atoms with Gasteiger partial charge in [0.15, 0.2) is 0 Å². The van der Waals surface area contributed by atoms with Crippen molar-refractivity contribution in [1.82, 2.24) is 5.32 Å². The summed E-state index contributed by atoms with van der Waals surface area (Å²) in [5.41, 5.74) is 1.34. The summed E-state index contributed by atoms with van der Waals surface area (Å²) in [5.74, 6) is 0.823. The molecule has 100 valence electrons. The number of halogens is 1. The highest BCUT2D eigenvalue weighted by molar-refractivity contribution is 9.10. The van der Waals surface area contributed by atoms with Crippen molar-refractivity contribution in [3.63, 3.8) is 0 Å². The monoisotopic (exact) mass is 335 g/mol. The first kappa shape index (κ1) is 13.3. The van der Waals surface area contributed by atoms with Crippen LogP contribution in [-0.2, 0) is 0 Å². The summed E-state index contributed by atoms with van der Waals surface area (Å²) in [7, 11) is 0. The second kappa shape index (κ2) is 5.78. The molecule has 1 saturated carbocycles. The zero-order valence-electron chi connectivity index (χ0n) is 11.0. The molecule has 1 aromatic heterocycles. The van der Waals surface area contributed by atoms with Crippen LogP contribution < -0.4 is 5.32 Å². The molecule has 0 saturated heterocycles. The minimum Gasteiger partial charge on any atom is -0.302 e. The van der Waals surface area contributed by atoms with Gasteiger partial charge in [-0.15, -0.1) is 11.3 Å². The van der Waals surface area contributed by atoms with Crippen LogP contribution in [0, 0.1) is 5.92 Å². The molecule has 2 aromatic rings. The normalized spacial score (nSPS) is 18.2.